The first kappa shape index (κ1) is 18.7. The van der Waals surface area contributed by atoms with E-state index in [0.717, 1.165) is 49.5 Å². The Balaban J connectivity index is 1.83. The number of benzene rings is 2. The highest BCUT2D eigenvalue weighted by atomic mass is 19.1. The maximum Gasteiger partial charge on any atom is 0.278 e. The van der Waals surface area contributed by atoms with Crippen LogP contribution >= 0.6 is 0 Å². The molecule has 0 radical (unpaired) electrons. The molecule has 0 saturated heterocycles. The minimum Gasteiger partial charge on any atom is -0.497 e. The van der Waals surface area contributed by atoms with Gasteiger partial charge in [-0.05, 0) is 55.7 Å². The summed E-state index contributed by atoms with van der Waals surface area (Å²) in [5.41, 5.74) is -0.417. The Morgan fingerprint density at radius 3 is 2.39 bits per heavy atom. The zero-order valence-corrected chi connectivity index (χ0v) is 16.3. The normalized spacial score (nSPS) is 22.1. The predicted octanol–water partition coefficient (Wildman–Crippen LogP) is 3.49. The van der Waals surface area contributed by atoms with E-state index in [1.165, 1.54) is 13.2 Å². The predicted molar refractivity (Wildman–Crippen MR) is 106 cm³/mol. The van der Waals surface area contributed by atoms with Crippen LogP contribution in [0.1, 0.15) is 31.2 Å². The van der Waals surface area contributed by atoms with Crippen LogP contribution < -0.4 is 14.4 Å². The van der Waals surface area contributed by atoms with Crippen LogP contribution in [0.3, 0.4) is 0 Å². The summed E-state index contributed by atoms with van der Waals surface area (Å²) in [5.74, 6) is 1.74. The van der Waals surface area contributed by atoms with Gasteiger partial charge in [-0.25, -0.2) is 4.39 Å². The van der Waals surface area contributed by atoms with Crippen LogP contribution in [-0.2, 0) is 5.72 Å². The molecule has 0 amide bonds. The lowest BCUT2D eigenvalue weighted by Crippen LogP contribution is -2.48. The zero-order chi connectivity index (χ0) is 19.7. The summed E-state index contributed by atoms with van der Waals surface area (Å²) < 4.78 is 27.6. The number of anilines is 1. The van der Waals surface area contributed by atoms with E-state index in [0.29, 0.717) is 12.3 Å². The maximum atomic E-state index is 15.0. The van der Waals surface area contributed by atoms with Crippen LogP contribution in [0.4, 0.5) is 10.1 Å². The van der Waals surface area contributed by atoms with Crippen LogP contribution in [0.15, 0.2) is 42.5 Å². The first-order valence-electron chi connectivity index (χ1n) is 9.68. The monoisotopic (exact) mass is 385 g/mol. The Morgan fingerprint density at radius 2 is 1.71 bits per heavy atom. The first-order valence-corrected chi connectivity index (χ1v) is 9.68. The van der Waals surface area contributed by atoms with Gasteiger partial charge in [0.25, 0.3) is 11.6 Å². The average Bonchev–Trinajstić information content (AvgIpc) is 2.84. The molecular weight excluding hydrogens is 359 g/mol. The van der Waals surface area contributed by atoms with Crippen molar-refractivity contribution in [3.8, 4) is 11.5 Å². The van der Waals surface area contributed by atoms with Crippen molar-refractivity contribution in [2.24, 2.45) is 0 Å². The van der Waals surface area contributed by atoms with Gasteiger partial charge in [0.2, 0.25) is 0 Å². The van der Waals surface area contributed by atoms with E-state index in [2.05, 4.69) is 4.58 Å². The summed E-state index contributed by atoms with van der Waals surface area (Å²) in [5, 5.41) is 11.8. The third-order valence-electron chi connectivity index (χ3n) is 5.67. The number of amidine groups is 1. The highest BCUT2D eigenvalue weighted by molar-refractivity contribution is 5.97. The number of ether oxygens (including phenoxy) is 2. The molecule has 2 aromatic rings. The van der Waals surface area contributed by atoms with Crippen LogP contribution in [0, 0.1) is 5.82 Å². The van der Waals surface area contributed by atoms with E-state index in [4.69, 9.17) is 9.47 Å². The summed E-state index contributed by atoms with van der Waals surface area (Å²) in [4.78, 5) is 1.89. The largest absolute Gasteiger partial charge is 0.497 e. The first-order chi connectivity index (χ1) is 13.6. The molecule has 2 aromatic carbocycles. The summed E-state index contributed by atoms with van der Waals surface area (Å²) in [6.07, 6.45) is 4.14. The van der Waals surface area contributed by atoms with Crippen LogP contribution in [-0.4, -0.2) is 42.8 Å². The Kier molecular flexibility index (Phi) is 4.98. The third kappa shape index (κ3) is 3.11. The average molecular weight is 385 g/mol. The summed E-state index contributed by atoms with van der Waals surface area (Å²) >= 11 is 0. The molecule has 1 atom stereocenters. The molecule has 2 heterocycles. The second-order valence-electron chi connectivity index (χ2n) is 7.34. The molecule has 148 valence electrons. The van der Waals surface area contributed by atoms with E-state index in [-0.39, 0.29) is 5.56 Å². The smallest absolute Gasteiger partial charge is 0.278 e. The molecule has 0 bridgehead atoms. The molecular formula is C22H26FN2O3+. The second kappa shape index (κ2) is 7.43. The van der Waals surface area contributed by atoms with Crippen molar-refractivity contribution in [3.05, 3.63) is 53.8 Å². The van der Waals surface area contributed by atoms with Gasteiger partial charge in [-0.3, -0.25) is 4.58 Å². The lowest BCUT2D eigenvalue weighted by molar-refractivity contribution is -0.534. The van der Waals surface area contributed by atoms with E-state index < -0.39 is 11.5 Å². The van der Waals surface area contributed by atoms with Gasteiger partial charge < -0.3 is 14.6 Å². The van der Waals surface area contributed by atoms with Gasteiger partial charge in [0, 0.05) is 12.5 Å². The summed E-state index contributed by atoms with van der Waals surface area (Å²) in [6.45, 7) is 1.19. The SMILES string of the molecule is COc1ccc(N2C3=[N+](CCCCC3)CC2(O)c2ccc(OC)cc2F)cc1. The Bertz CT molecular complexity index is 897. The number of methoxy groups -OCH3 is 2. The number of rotatable bonds is 4. The molecule has 6 heteroatoms. The molecule has 4 rings (SSSR count). The molecule has 0 aliphatic carbocycles. The topological polar surface area (TPSA) is 44.9 Å². The number of hydrogen-bond donors (Lipinski definition) is 1. The van der Waals surface area contributed by atoms with Crippen LogP contribution in [0.25, 0.3) is 0 Å². The van der Waals surface area contributed by atoms with Crippen LogP contribution in [0.5, 0.6) is 11.5 Å². The fraction of sp³-hybridized carbons (Fsp3) is 0.409. The van der Waals surface area contributed by atoms with Gasteiger partial charge in [-0.2, -0.15) is 4.90 Å². The lowest BCUT2D eigenvalue weighted by Gasteiger charge is -2.29. The van der Waals surface area contributed by atoms with E-state index >= 15 is 0 Å². The van der Waals surface area contributed by atoms with Gasteiger partial charge in [0.1, 0.15) is 23.0 Å². The molecule has 0 saturated carbocycles. The van der Waals surface area contributed by atoms with Crippen molar-refractivity contribution in [1.29, 1.82) is 0 Å². The molecule has 5 nitrogen and oxygen atoms in total. The van der Waals surface area contributed by atoms with Gasteiger partial charge in [0.15, 0.2) is 6.54 Å². The maximum absolute atomic E-state index is 15.0. The highest BCUT2D eigenvalue weighted by Gasteiger charge is 2.55. The van der Waals surface area contributed by atoms with Gasteiger partial charge in [-0.1, -0.05) is 0 Å². The van der Waals surface area contributed by atoms with Gasteiger partial charge in [-0.15, -0.1) is 0 Å². The lowest BCUT2D eigenvalue weighted by atomic mass is 9.99. The summed E-state index contributed by atoms with van der Waals surface area (Å²) in [7, 11) is 3.12. The van der Waals surface area contributed by atoms with Crippen LogP contribution in [0.2, 0.25) is 0 Å². The molecule has 0 fully saturated rings. The van der Waals surface area contributed by atoms with Crippen molar-refractivity contribution in [2.45, 2.75) is 31.4 Å². The van der Waals surface area contributed by atoms with E-state index in [9.17, 15) is 9.50 Å². The molecule has 0 spiro atoms. The van der Waals surface area contributed by atoms with Crippen molar-refractivity contribution < 1.29 is 23.5 Å². The molecule has 2 aliphatic rings. The quantitative estimate of drug-likeness (QED) is 0.819. The molecule has 28 heavy (non-hydrogen) atoms. The highest BCUT2D eigenvalue weighted by Crippen LogP contribution is 2.39. The standard InChI is InChI=1S/C22H26FN2O3/c1-27-17-9-7-16(8-10-17)25-21-6-4-3-5-13-24(21)15-22(25,26)19-12-11-18(28-2)14-20(19)23/h7-12,14,26H,3-6,13,15H2,1-2H3/q+1. The van der Waals surface area contributed by atoms with Gasteiger partial charge in [0.05, 0.1) is 26.3 Å². The summed E-state index contributed by atoms with van der Waals surface area (Å²) in [6, 6.07) is 12.2. The Morgan fingerprint density at radius 1 is 1.00 bits per heavy atom. The van der Waals surface area contributed by atoms with E-state index in [1.807, 2.05) is 29.2 Å². The molecule has 1 unspecified atom stereocenters. The number of aliphatic hydroxyl groups is 1. The van der Waals surface area contributed by atoms with Gasteiger partial charge >= 0.3 is 0 Å². The number of hydrogen-bond acceptors (Lipinski definition) is 4. The number of nitrogens with zero attached hydrogens (tertiary/aromatic N) is 2. The fourth-order valence-corrected chi connectivity index (χ4v) is 4.27. The minimum atomic E-state index is -1.49. The molecule has 2 aliphatic heterocycles. The fourth-order valence-electron chi connectivity index (χ4n) is 4.27. The van der Waals surface area contributed by atoms with Crippen molar-refractivity contribution >= 4 is 11.5 Å². The second-order valence-corrected chi connectivity index (χ2v) is 7.34. The van der Waals surface area contributed by atoms with Crippen molar-refractivity contribution in [3.63, 3.8) is 0 Å². The van der Waals surface area contributed by atoms with Crippen molar-refractivity contribution in [1.82, 2.24) is 0 Å². The molecule has 1 N–H and O–H groups in total. The Labute approximate surface area is 164 Å². The number of halogens is 1. The Hall–Kier alpha value is -2.60. The third-order valence-corrected chi connectivity index (χ3v) is 5.67. The molecule has 0 aromatic heterocycles. The van der Waals surface area contributed by atoms with Crippen molar-refractivity contribution in [2.75, 3.05) is 32.2 Å². The minimum absolute atomic E-state index is 0.254. The van der Waals surface area contributed by atoms with E-state index in [1.54, 1.807) is 19.2 Å². The zero-order valence-electron chi connectivity index (χ0n) is 16.3.